The van der Waals surface area contributed by atoms with Crippen molar-refractivity contribution in [2.75, 3.05) is 32.8 Å². The van der Waals surface area contributed by atoms with Crippen molar-refractivity contribution in [3.05, 3.63) is 48.0 Å². The summed E-state index contributed by atoms with van der Waals surface area (Å²) in [6.45, 7) is 0.529. The summed E-state index contributed by atoms with van der Waals surface area (Å²) in [7, 11) is 4.91. The highest BCUT2D eigenvalue weighted by Crippen LogP contribution is 2.26. The molecular weight excluding hydrogens is 324 g/mol. The molecule has 0 fully saturated rings. The summed E-state index contributed by atoms with van der Waals surface area (Å²) >= 11 is 1.69. The van der Waals surface area contributed by atoms with Crippen molar-refractivity contribution in [1.29, 1.82) is 0 Å². The standard InChI is InChI=1S/C18H22N2O3S/c1-20(12-13-5-7-17(24-4)8-6-13)18(21)19-14-9-15(22-2)11-16(10-14)23-3/h5-11H,12H2,1-4H3,(H,19,21). The van der Waals surface area contributed by atoms with Crippen molar-refractivity contribution in [3.8, 4) is 11.5 Å². The largest absolute Gasteiger partial charge is 0.497 e. The maximum absolute atomic E-state index is 12.4. The van der Waals surface area contributed by atoms with Gasteiger partial charge in [-0.05, 0) is 24.0 Å². The molecule has 24 heavy (non-hydrogen) atoms. The summed E-state index contributed by atoms with van der Waals surface area (Å²) < 4.78 is 10.4. The molecule has 0 aliphatic heterocycles. The average Bonchev–Trinajstić information content (AvgIpc) is 2.61. The van der Waals surface area contributed by atoms with E-state index in [0.717, 1.165) is 5.56 Å². The van der Waals surface area contributed by atoms with E-state index in [0.29, 0.717) is 23.7 Å². The maximum atomic E-state index is 12.4. The predicted octanol–water partition coefficient (Wildman–Crippen LogP) is 4.09. The van der Waals surface area contributed by atoms with Crippen LogP contribution in [0.15, 0.2) is 47.4 Å². The van der Waals surface area contributed by atoms with Crippen LogP contribution in [-0.4, -0.2) is 38.5 Å². The zero-order chi connectivity index (χ0) is 17.5. The van der Waals surface area contributed by atoms with Crippen LogP contribution in [0.25, 0.3) is 0 Å². The van der Waals surface area contributed by atoms with E-state index in [1.807, 2.05) is 18.4 Å². The van der Waals surface area contributed by atoms with Gasteiger partial charge in [-0.3, -0.25) is 0 Å². The van der Waals surface area contributed by atoms with Gasteiger partial charge in [0.2, 0.25) is 0 Å². The third kappa shape index (κ3) is 4.83. The van der Waals surface area contributed by atoms with Crippen LogP contribution in [0, 0.1) is 0 Å². The molecular formula is C18H22N2O3S. The number of rotatable bonds is 6. The van der Waals surface area contributed by atoms with E-state index in [1.165, 1.54) is 4.90 Å². The molecule has 6 heteroatoms. The second kappa shape index (κ2) is 8.49. The van der Waals surface area contributed by atoms with Crippen LogP contribution < -0.4 is 14.8 Å². The molecule has 2 rings (SSSR count). The Morgan fingerprint density at radius 2 is 1.67 bits per heavy atom. The van der Waals surface area contributed by atoms with E-state index >= 15 is 0 Å². The number of urea groups is 1. The SMILES string of the molecule is COc1cc(NC(=O)N(C)Cc2ccc(SC)cc2)cc(OC)c1. The number of thioether (sulfide) groups is 1. The van der Waals surface area contributed by atoms with Crippen LogP contribution in [-0.2, 0) is 6.54 Å². The molecule has 1 N–H and O–H groups in total. The van der Waals surface area contributed by atoms with Gasteiger partial charge in [0.1, 0.15) is 11.5 Å². The van der Waals surface area contributed by atoms with Gasteiger partial charge >= 0.3 is 6.03 Å². The lowest BCUT2D eigenvalue weighted by Gasteiger charge is -2.19. The number of nitrogens with one attached hydrogen (secondary N) is 1. The van der Waals surface area contributed by atoms with Gasteiger partial charge in [-0.2, -0.15) is 0 Å². The molecule has 0 spiro atoms. The molecule has 0 unspecified atom stereocenters. The Balaban J connectivity index is 2.02. The monoisotopic (exact) mass is 346 g/mol. The van der Waals surface area contributed by atoms with E-state index < -0.39 is 0 Å². The summed E-state index contributed by atoms with van der Waals surface area (Å²) in [5.41, 5.74) is 1.70. The molecule has 2 aromatic rings. The second-order valence-corrected chi connectivity index (χ2v) is 6.12. The number of nitrogens with zero attached hydrogens (tertiary/aromatic N) is 1. The van der Waals surface area contributed by atoms with Crippen LogP contribution in [0.1, 0.15) is 5.56 Å². The minimum absolute atomic E-state index is 0.195. The first kappa shape index (κ1) is 18.0. The molecule has 2 aromatic carbocycles. The number of methoxy groups -OCH3 is 2. The number of hydrogen-bond acceptors (Lipinski definition) is 4. The molecule has 2 amide bonds. The van der Waals surface area contributed by atoms with Gasteiger partial charge in [-0.25, -0.2) is 4.79 Å². The molecule has 0 aliphatic carbocycles. The van der Waals surface area contributed by atoms with E-state index in [-0.39, 0.29) is 6.03 Å². The molecule has 128 valence electrons. The van der Waals surface area contributed by atoms with E-state index in [1.54, 1.807) is 56.1 Å². The van der Waals surface area contributed by atoms with E-state index in [2.05, 4.69) is 17.4 Å². The average molecular weight is 346 g/mol. The normalized spacial score (nSPS) is 10.2. The van der Waals surface area contributed by atoms with Crippen LogP contribution in [0.3, 0.4) is 0 Å². The van der Waals surface area contributed by atoms with Gasteiger partial charge in [0.25, 0.3) is 0 Å². The molecule has 0 heterocycles. The van der Waals surface area contributed by atoms with Crippen molar-refractivity contribution < 1.29 is 14.3 Å². The smallest absolute Gasteiger partial charge is 0.321 e. The van der Waals surface area contributed by atoms with E-state index in [9.17, 15) is 4.79 Å². The Hall–Kier alpha value is -2.34. The highest BCUT2D eigenvalue weighted by molar-refractivity contribution is 7.98. The first-order chi connectivity index (χ1) is 11.5. The Bertz CT molecular complexity index is 667. The Morgan fingerprint density at radius 1 is 1.08 bits per heavy atom. The quantitative estimate of drug-likeness (QED) is 0.801. The lowest BCUT2D eigenvalue weighted by atomic mass is 10.2. The Kier molecular flexibility index (Phi) is 6.37. The Labute approximate surface area is 146 Å². The highest BCUT2D eigenvalue weighted by atomic mass is 32.2. The summed E-state index contributed by atoms with van der Waals surface area (Å²) in [6, 6.07) is 13.2. The number of benzene rings is 2. The van der Waals surface area contributed by atoms with Crippen LogP contribution >= 0.6 is 11.8 Å². The predicted molar refractivity (Wildman–Crippen MR) is 98.3 cm³/mol. The molecule has 0 saturated heterocycles. The number of carbonyl (C=O) groups excluding carboxylic acids is 1. The fraction of sp³-hybridized carbons (Fsp3) is 0.278. The number of hydrogen-bond donors (Lipinski definition) is 1. The fourth-order valence-corrected chi connectivity index (χ4v) is 2.58. The zero-order valence-electron chi connectivity index (χ0n) is 14.3. The molecule has 0 radical (unpaired) electrons. The minimum atomic E-state index is -0.195. The topological polar surface area (TPSA) is 50.8 Å². The lowest BCUT2D eigenvalue weighted by molar-refractivity contribution is 0.220. The van der Waals surface area contributed by atoms with E-state index in [4.69, 9.17) is 9.47 Å². The lowest BCUT2D eigenvalue weighted by Crippen LogP contribution is -2.30. The van der Waals surface area contributed by atoms with Crippen molar-refractivity contribution in [1.82, 2.24) is 4.90 Å². The molecule has 0 aliphatic rings. The fourth-order valence-electron chi connectivity index (χ4n) is 2.18. The number of carbonyl (C=O) groups is 1. The van der Waals surface area contributed by atoms with Gasteiger partial charge in [-0.15, -0.1) is 11.8 Å². The molecule has 0 bridgehead atoms. The first-order valence-electron chi connectivity index (χ1n) is 7.44. The summed E-state index contributed by atoms with van der Waals surface area (Å²) in [5, 5.41) is 2.86. The Morgan fingerprint density at radius 3 is 2.17 bits per heavy atom. The minimum Gasteiger partial charge on any atom is -0.497 e. The molecule has 0 saturated carbocycles. The second-order valence-electron chi connectivity index (χ2n) is 5.24. The van der Waals surface area contributed by atoms with Gasteiger partial charge in [0, 0.05) is 42.4 Å². The summed E-state index contributed by atoms with van der Waals surface area (Å²) in [5.74, 6) is 1.25. The van der Waals surface area contributed by atoms with Gasteiger partial charge < -0.3 is 19.7 Å². The van der Waals surface area contributed by atoms with Gasteiger partial charge in [-0.1, -0.05) is 12.1 Å². The van der Waals surface area contributed by atoms with Crippen molar-refractivity contribution in [3.63, 3.8) is 0 Å². The molecule has 0 atom stereocenters. The zero-order valence-corrected chi connectivity index (χ0v) is 15.1. The number of anilines is 1. The van der Waals surface area contributed by atoms with Crippen LogP contribution in [0.4, 0.5) is 10.5 Å². The van der Waals surface area contributed by atoms with Crippen LogP contribution in [0.5, 0.6) is 11.5 Å². The van der Waals surface area contributed by atoms with Crippen molar-refractivity contribution in [2.24, 2.45) is 0 Å². The van der Waals surface area contributed by atoms with Gasteiger partial charge in [0.05, 0.1) is 14.2 Å². The van der Waals surface area contributed by atoms with Crippen molar-refractivity contribution >= 4 is 23.5 Å². The van der Waals surface area contributed by atoms with Crippen molar-refractivity contribution in [2.45, 2.75) is 11.4 Å². The third-order valence-corrected chi connectivity index (χ3v) is 4.27. The van der Waals surface area contributed by atoms with Gasteiger partial charge in [0.15, 0.2) is 0 Å². The van der Waals surface area contributed by atoms with Crippen LogP contribution in [0.2, 0.25) is 0 Å². The number of ether oxygens (including phenoxy) is 2. The molecule has 5 nitrogen and oxygen atoms in total. The first-order valence-corrected chi connectivity index (χ1v) is 8.66. The summed E-state index contributed by atoms with van der Waals surface area (Å²) in [6.07, 6.45) is 2.04. The summed E-state index contributed by atoms with van der Waals surface area (Å²) in [4.78, 5) is 15.2. The molecule has 0 aromatic heterocycles. The maximum Gasteiger partial charge on any atom is 0.321 e. The third-order valence-electron chi connectivity index (χ3n) is 3.53. The number of amides is 2. The highest BCUT2D eigenvalue weighted by Gasteiger charge is 2.11.